The van der Waals surface area contributed by atoms with Gasteiger partial charge in [0.15, 0.2) is 11.9 Å². The van der Waals surface area contributed by atoms with Gasteiger partial charge in [0.1, 0.15) is 0 Å². The molecule has 1 heterocycles. The number of carbonyl (C=O) groups excluding carboxylic acids is 2. The molecule has 1 rings (SSSR count). The van der Waals surface area contributed by atoms with E-state index >= 15 is 0 Å². The van der Waals surface area contributed by atoms with Gasteiger partial charge >= 0.3 is 5.97 Å². The molecule has 4 heteroatoms. The van der Waals surface area contributed by atoms with Crippen LogP contribution >= 0.6 is 0 Å². The fraction of sp³-hybridized carbons (Fsp3) is 0.875. The van der Waals surface area contributed by atoms with Gasteiger partial charge in [0.25, 0.3) is 0 Å². The highest BCUT2D eigenvalue weighted by molar-refractivity contribution is 5.87. The predicted octanol–water partition coefficient (Wildman–Crippen LogP) is 3.42. The van der Waals surface area contributed by atoms with Gasteiger partial charge in [0.05, 0.1) is 5.60 Å². The van der Waals surface area contributed by atoms with Gasteiger partial charge in [0, 0.05) is 25.9 Å². The quantitative estimate of drug-likeness (QED) is 0.455. The summed E-state index contributed by atoms with van der Waals surface area (Å²) < 4.78 is 10.7. The maximum absolute atomic E-state index is 11.7. The lowest BCUT2D eigenvalue weighted by atomic mass is 10.0. The zero-order valence-electron chi connectivity index (χ0n) is 13.1. The molecule has 4 nitrogen and oxygen atoms in total. The van der Waals surface area contributed by atoms with Gasteiger partial charge in [-0.2, -0.15) is 0 Å². The Kier molecular flexibility index (Phi) is 7.20. The van der Waals surface area contributed by atoms with Crippen molar-refractivity contribution in [2.75, 3.05) is 6.61 Å². The Bertz CT molecular complexity index is 322. The lowest BCUT2D eigenvalue weighted by Crippen LogP contribution is -2.23. The highest BCUT2D eigenvalue weighted by Gasteiger charge is 2.28. The third-order valence-electron chi connectivity index (χ3n) is 3.91. The average Bonchev–Trinajstić information content (AvgIpc) is 2.84. The van der Waals surface area contributed by atoms with Crippen LogP contribution in [0.4, 0.5) is 0 Å². The molecule has 0 aromatic rings. The van der Waals surface area contributed by atoms with Crippen molar-refractivity contribution in [3.63, 3.8) is 0 Å². The molecule has 0 radical (unpaired) electrons. The van der Waals surface area contributed by atoms with Crippen LogP contribution in [0, 0.1) is 0 Å². The molecule has 0 bridgehead atoms. The van der Waals surface area contributed by atoms with Gasteiger partial charge in [-0.05, 0) is 33.1 Å². The van der Waals surface area contributed by atoms with E-state index in [1.807, 2.05) is 0 Å². The SMILES string of the molecule is CCC(C)(C)OCCCCCCC(=O)C1CCC(=O)O1. The van der Waals surface area contributed by atoms with Gasteiger partial charge in [-0.15, -0.1) is 0 Å². The van der Waals surface area contributed by atoms with Crippen LogP contribution in [0.3, 0.4) is 0 Å². The molecule has 0 saturated carbocycles. The minimum Gasteiger partial charge on any atom is -0.454 e. The minimum atomic E-state index is -0.462. The van der Waals surface area contributed by atoms with Crippen molar-refractivity contribution >= 4 is 11.8 Å². The van der Waals surface area contributed by atoms with Gasteiger partial charge in [-0.25, -0.2) is 0 Å². The Balaban J connectivity index is 1.97. The van der Waals surface area contributed by atoms with E-state index in [-0.39, 0.29) is 17.4 Å². The number of rotatable bonds is 10. The molecule has 1 aliphatic rings. The highest BCUT2D eigenvalue weighted by atomic mass is 16.6. The van der Waals surface area contributed by atoms with Crippen LogP contribution in [-0.4, -0.2) is 30.1 Å². The average molecular weight is 284 g/mol. The molecular formula is C16H28O4. The fourth-order valence-electron chi connectivity index (χ4n) is 2.12. The molecule has 20 heavy (non-hydrogen) atoms. The van der Waals surface area contributed by atoms with Gasteiger partial charge < -0.3 is 9.47 Å². The number of esters is 1. The summed E-state index contributed by atoms with van der Waals surface area (Å²) >= 11 is 0. The van der Waals surface area contributed by atoms with Crippen molar-refractivity contribution in [1.82, 2.24) is 0 Å². The van der Waals surface area contributed by atoms with E-state index in [9.17, 15) is 9.59 Å². The van der Waals surface area contributed by atoms with E-state index in [2.05, 4.69) is 20.8 Å². The number of carbonyl (C=O) groups is 2. The second kappa shape index (κ2) is 8.40. The predicted molar refractivity (Wildman–Crippen MR) is 77.5 cm³/mol. The topological polar surface area (TPSA) is 52.6 Å². The summed E-state index contributed by atoms with van der Waals surface area (Å²) in [6.45, 7) is 7.12. The summed E-state index contributed by atoms with van der Waals surface area (Å²) in [5, 5.41) is 0. The molecular weight excluding hydrogens is 256 g/mol. The molecule has 0 spiro atoms. The standard InChI is InChI=1S/C16H28O4/c1-4-16(2,3)19-12-8-6-5-7-9-13(17)14-10-11-15(18)20-14/h14H,4-12H2,1-3H3. The Hall–Kier alpha value is -0.900. The number of unbranched alkanes of at least 4 members (excludes halogenated alkanes) is 3. The van der Waals surface area contributed by atoms with E-state index in [1.165, 1.54) is 0 Å². The number of hydrogen-bond donors (Lipinski definition) is 0. The van der Waals surface area contributed by atoms with Crippen LogP contribution in [-0.2, 0) is 19.1 Å². The van der Waals surface area contributed by atoms with Crippen molar-refractivity contribution in [1.29, 1.82) is 0 Å². The van der Waals surface area contributed by atoms with Crippen molar-refractivity contribution in [3.05, 3.63) is 0 Å². The number of ketones is 1. The molecule has 0 aromatic carbocycles. The second-order valence-corrected chi connectivity index (χ2v) is 6.11. The normalized spacial score (nSPS) is 19.1. The summed E-state index contributed by atoms with van der Waals surface area (Å²) in [5.41, 5.74) is -0.0255. The summed E-state index contributed by atoms with van der Waals surface area (Å²) in [6, 6.07) is 0. The monoisotopic (exact) mass is 284 g/mol. The lowest BCUT2D eigenvalue weighted by molar-refractivity contribution is -0.147. The van der Waals surface area contributed by atoms with Crippen LogP contribution in [0.15, 0.2) is 0 Å². The van der Waals surface area contributed by atoms with Crippen LogP contribution in [0.2, 0.25) is 0 Å². The second-order valence-electron chi connectivity index (χ2n) is 6.11. The molecule has 1 saturated heterocycles. The zero-order valence-corrected chi connectivity index (χ0v) is 13.1. The molecule has 0 N–H and O–H groups in total. The van der Waals surface area contributed by atoms with Crippen LogP contribution in [0.25, 0.3) is 0 Å². The van der Waals surface area contributed by atoms with E-state index < -0.39 is 6.10 Å². The maximum atomic E-state index is 11.7. The summed E-state index contributed by atoms with van der Waals surface area (Å²) in [6.07, 6.45) is 6.07. The Morgan fingerprint density at radius 3 is 2.60 bits per heavy atom. The number of Topliss-reactive ketones (excluding diaryl/α,β-unsaturated/α-hetero) is 1. The van der Waals surface area contributed by atoms with Gasteiger partial charge in [-0.3, -0.25) is 9.59 Å². The molecule has 1 unspecified atom stereocenters. The van der Waals surface area contributed by atoms with Gasteiger partial charge in [0.2, 0.25) is 0 Å². The van der Waals surface area contributed by atoms with E-state index in [1.54, 1.807) is 0 Å². The first-order chi connectivity index (χ1) is 9.44. The minimum absolute atomic E-state index is 0.0255. The number of ether oxygens (including phenoxy) is 2. The molecule has 0 aliphatic carbocycles. The first kappa shape index (κ1) is 17.2. The number of cyclic esters (lactones) is 1. The number of hydrogen-bond acceptors (Lipinski definition) is 4. The Morgan fingerprint density at radius 1 is 1.30 bits per heavy atom. The summed E-state index contributed by atoms with van der Waals surface area (Å²) in [7, 11) is 0. The van der Waals surface area contributed by atoms with E-state index in [0.29, 0.717) is 19.3 Å². The van der Waals surface area contributed by atoms with Crippen molar-refractivity contribution in [2.45, 2.75) is 83.8 Å². The molecule has 1 atom stereocenters. The first-order valence-electron chi connectivity index (χ1n) is 7.81. The third kappa shape index (κ3) is 6.51. The molecule has 1 fully saturated rings. The smallest absolute Gasteiger partial charge is 0.306 e. The first-order valence-corrected chi connectivity index (χ1v) is 7.81. The zero-order chi connectivity index (χ0) is 15.0. The Labute approximate surface area is 122 Å². The fourth-order valence-corrected chi connectivity index (χ4v) is 2.12. The Morgan fingerprint density at radius 2 is 2.00 bits per heavy atom. The molecule has 0 amide bonds. The van der Waals surface area contributed by atoms with Crippen molar-refractivity contribution in [3.8, 4) is 0 Å². The van der Waals surface area contributed by atoms with Crippen molar-refractivity contribution < 1.29 is 19.1 Å². The van der Waals surface area contributed by atoms with Crippen molar-refractivity contribution in [2.24, 2.45) is 0 Å². The third-order valence-corrected chi connectivity index (χ3v) is 3.91. The van der Waals surface area contributed by atoms with Crippen LogP contribution in [0.5, 0.6) is 0 Å². The largest absolute Gasteiger partial charge is 0.454 e. The molecule has 0 aromatic heterocycles. The summed E-state index contributed by atoms with van der Waals surface area (Å²) in [4.78, 5) is 22.7. The lowest BCUT2D eigenvalue weighted by Gasteiger charge is -2.23. The van der Waals surface area contributed by atoms with E-state index in [0.717, 1.165) is 38.7 Å². The van der Waals surface area contributed by atoms with Crippen LogP contribution < -0.4 is 0 Å². The van der Waals surface area contributed by atoms with Crippen LogP contribution in [0.1, 0.15) is 72.1 Å². The van der Waals surface area contributed by atoms with Gasteiger partial charge in [-0.1, -0.05) is 19.8 Å². The van der Waals surface area contributed by atoms with E-state index in [4.69, 9.17) is 9.47 Å². The molecule has 116 valence electrons. The summed E-state index contributed by atoms with van der Waals surface area (Å²) in [5.74, 6) is -0.154. The maximum Gasteiger partial charge on any atom is 0.306 e. The molecule has 1 aliphatic heterocycles. The highest BCUT2D eigenvalue weighted by Crippen LogP contribution is 2.18.